The molecule has 6 nitrogen and oxygen atoms in total. The summed E-state index contributed by atoms with van der Waals surface area (Å²) in [4.78, 5) is 15.6. The number of pyridine rings is 1. The molecule has 3 rings (SSSR count). The van der Waals surface area contributed by atoms with Crippen molar-refractivity contribution in [1.29, 1.82) is 0 Å². The van der Waals surface area contributed by atoms with Crippen molar-refractivity contribution in [1.82, 2.24) is 20.1 Å². The molecule has 0 aromatic carbocycles. The highest BCUT2D eigenvalue weighted by atomic mass is 19.4. The van der Waals surface area contributed by atoms with E-state index in [2.05, 4.69) is 15.4 Å². The fraction of sp³-hybridized carbons (Fsp3) is 0.278. The quantitative estimate of drug-likeness (QED) is 0.737. The maximum absolute atomic E-state index is 12.6. The van der Waals surface area contributed by atoms with Gasteiger partial charge in [0, 0.05) is 18.4 Å². The molecule has 0 aliphatic rings. The molecule has 0 aliphatic carbocycles. The van der Waals surface area contributed by atoms with E-state index in [-0.39, 0.29) is 18.2 Å². The summed E-state index contributed by atoms with van der Waals surface area (Å²) in [5.41, 5.74) is 0.700. The summed E-state index contributed by atoms with van der Waals surface area (Å²) in [6, 6.07) is 6.89. The second-order valence-corrected chi connectivity index (χ2v) is 6.04. The number of aryl methyl sites for hydroxylation is 2. The Bertz CT molecular complexity index is 915. The van der Waals surface area contributed by atoms with Crippen molar-refractivity contribution < 1.29 is 22.4 Å². The molecule has 142 valence electrons. The van der Waals surface area contributed by atoms with Crippen LogP contribution in [0.3, 0.4) is 0 Å². The topological polar surface area (TPSA) is 73.0 Å². The van der Waals surface area contributed by atoms with Gasteiger partial charge in [-0.1, -0.05) is 0 Å². The molecule has 3 aromatic rings. The van der Waals surface area contributed by atoms with E-state index < -0.39 is 17.8 Å². The van der Waals surface area contributed by atoms with Gasteiger partial charge >= 0.3 is 6.18 Å². The van der Waals surface area contributed by atoms with Crippen molar-refractivity contribution in [2.75, 3.05) is 6.54 Å². The van der Waals surface area contributed by atoms with Crippen molar-refractivity contribution in [2.24, 2.45) is 0 Å². The minimum atomic E-state index is -4.55. The maximum atomic E-state index is 12.6. The second-order valence-electron chi connectivity index (χ2n) is 6.04. The molecule has 9 heteroatoms. The Labute approximate surface area is 153 Å². The highest BCUT2D eigenvalue weighted by Gasteiger charge is 2.32. The predicted molar refractivity (Wildman–Crippen MR) is 90.1 cm³/mol. The first-order chi connectivity index (χ1) is 12.8. The molecule has 0 saturated carbocycles. The molecule has 27 heavy (non-hydrogen) atoms. The maximum Gasteiger partial charge on any atom is 0.433 e. The average Bonchev–Trinajstić information content (AvgIpc) is 3.25. The number of alkyl halides is 3. The fourth-order valence-electron chi connectivity index (χ4n) is 2.74. The van der Waals surface area contributed by atoms with Crippen LogP contribution in [0.1, 0.15) is 39.2 Å². The molecule has 0 fully saturated rings. The Morgan fingerprint density at radius 2 is 2.07 bits per heavy atom. The standard InChI is InChI=1S/C18H17F3N4O2/c1-11-8-12(2)25(24-11)14(15-4-3-7-27-15)10-23-17(26)13-5-6-16(22-9-13)18(19,20)21/h3-9,14H,10H2,1-2H3,(H,23,26). The molecule has 3 aromatic heterocycles. The van der Waals surface area contributed by atoms with Gasteiger partial charge in [-0.15, -0.1) is 0 Å². The number of halogens is 3. The number of amides is 1. The van der Waals surface area contributed by atoms with Crippen molar-refractivity contribution in [3.8, 4) is 0 Å². The lowest BCUT2D eigenvalue weighted by atomic mass is 10.2. The summed E-state index contributed by atoms with van der Waals surface area (Å²) >= 11 is 0. The van der Waals surface area contributed by atoms with Crippen LogP contribution in [0.25, 0.3) is 0 Å². The molecule has 0 saturated heterocycles. The van der Waals surface area contributed by atoms with Crippen LogP contribution in [0.5, 0.6) is 0 Å². The third-order valence-corrected chi connectivity index (χ3v) is 3.98. The van der Waals surface area contributed by atoms with E-state index >= 15 is 0 Å². The van der Waals surface area contributed by atoms with Gasteiger partial charge in [0.1, 0.15) is 17.5 Å². The summed E-state index contributed by atoms with van der Waals surface area (Å²) in [5, 5.41) is 7.12. The zero-order chi connectivity index (χ0) is 19.6. The number of furan rings is 1. The molecule has 1 N–H and O–H groups in total. The van der Waals surface area contributed by atoms with Crippen LogP contribution in [0.2, 0.25) is 0 Å². The SMILES string of the molecule is Cc1cc(C)n(C(CNC(=O)c2ccc(C(F)(F)F)nc2)c2ccco2)n1. The first kappa shape index (κ1) is 18.7. The average molecular weight is 378 g/mol. The fourth-order valence-corrected chi connectivity index (χ4v) is 2.74. The Hall–Kier alpha value is -3.10. The third-order valence-electron chi connectivity index (χ3n) is 3.98. The van der Waals surface area contributed by atoms with Gasteiger partial charge in [0.25, 0.3) is 5.91 Å². The number of nitrogens with zero attached hydrogens (tertiary/aromatic N) is 3. The molecular formula is C18H17F3N4O2. The minimum Gasteiger partial charge on any atom is -0.467 e. The molecule has 0 radical (unpaired) electrons. The molecule has 1 atom stereocenters. The molecule has 0 bridgehead atoms. The third kappa shape index (κ3) is 4.18. The van der Waals surface area contributed by atoms with Crippen LogP contribution in [-0.2, 0) is 6.18 Å². The van der Waals surface area contributed by atoms with Crippen molar-refractivity contribution in [3.63, 3.8) is 0 Å². The Morgan fingerprint density at radius 3 is 2.59 bits per heavy atom. The van der Waals surface area contributed by atoms with Crippen LogP contribution in [0.4, 0.5) is 13.2 Å². The monoisotopic (exact) mass is 378 g/mol. The molecular weight excluding hydrogens is 361 g/mol. The summed E-state index contributed by atoms with van der Waals surface area (Å²) in [6.07, 6.45) is -2.12. The minimum absolute atomic E-state index is 0.0366. The molecule has 1 unspecified atom stereocenters. The number of carbonyl (C=O) groups is 1. The first-order valence-electron chi connectivity index (χ1n) is 8.13. The van der Waals surface area contributed by atoms with Crippen molar-refractivity contribution >= 4 is 5.91 Å². The highest BCUT2D eigenvalue weighted by molar-refractivity contribution is 5.93. The summed E-state index contributed by atoms with van der Waals surface area (Å²) in [6.45, 7) is 3.89. The largest absolute Gasteiger partial charge is 0.467 e. The van der Waals surface area contributed by atoms with Crippen molar-refractivity contribution in [2.45, 2.75) is 26.1 Å². The van der Waals surface area contributed by atoms with E-state index in [1.54, 1.807) is 16.8 Å². The first-order valence-corrected chi connectivity index (χ1v) is 8.13. The molecule has 3 heterocycles. The van der Waals surface area contributed by atoms with Crippen LogP contribution in [0.15, 0.2) is 47.2 Å². The zero-order valence-corrected chi connectivity index (χ0v) is 14.6. The zero-order valence-electron chi connectivity index (χ0n) is 14.6. The number of hydrogen-bond donors (Lipinski definition) is 1. The smallest absolute Gasteiger partial charge is 0.433 e. The van der Waals surface area contributed by atoms with Gasteiger partial charge in [0.2, 0.25) is 0 Å². The second kappa shape index (κ2) is 7.26. The van der Waals surface area contributed by atoms with Gasteiger partial charge in [-0.25, -0.2) is 0 Å². The number of nitrogens with one attached hydrogen (secondary N) is 1. The van der Waals surface area contributed by atoms with Crippen LogP contribution >= 0.6 is 0 Å². The van der Waals surface area contributed by atoms with Crippen molar-refractivity contribution in [3.05, 3.63) is 71.2 Å². The van der Waals surface area contributed by atoms with Gasteiger partial charge in [-0.05, 0) is 44.2 Å². The van der Waals surface area contributed by atoms with E-state index in [0.717, 1.165) is 29.7 Å². The van der Waals surface area contributed by atoms with Gasteiger partial charge < -0.3 is 9.73 Å². The van der Waals surface area contributed by atoms with Gasteiger partial charge in [-0.2, -0.15) is 18.3 Å². The van der Waals surface area contributed by atoms with E-state index in [1.165, 1.54) is 6.26 Å². The number of carbonyl (C=O) groups excluding carboxylic acids is 1. The Balaban J connectivity index is 1.76. The normalized spacial score (nSPS) is 12.8. The van der Waals surface area contributed by atoms with E-state index in [0.29, 0.717) is 5.76 Å². The summed E-state index contributed by atoms with van der Waals surface area (Å²) in [7, 11) is 0. The molecule has 0 spiro atoms. The van der Waals surface area contributed by atoms with Crippen LogP contribution < -0.4 is 5.32 Å². The van der Waals surface area contributed by atoms with E-state index in [9.17, 15) is 18.0 Å². The van der Waals surface area contributed by atoms with Gasteiger partial charge in [-0.3, -0.25) is 14.5 Å². The number of rotatable bonds is 5. The van der Waals surface area contributed by atoms with Gasteiger partial charge in [0.15, 0.2) is 0 Å². The Kier molecular flexibility index (Phi) is 5.02. The molecule has 1 amide bonds. The summed E-state index contributed by atoms with van der Waals surface area (Å²) < 4.78 is 44.9. The number of aromatic nitrogens is 3. The number of hydrogen-bond acceptors (Lipinski definition) is 4. The summed E-state index contributed by atoms with van der Waals surface area (Å²) in [5.74, 6) is 0.0707. The lowest BCUT2D eigenvalue weighted by Crippen LogP contribution is -2.32. The lowest BCUT2D eigenvalue weighted by Gasteiger charge is -2.18. The highest BCUT2D eigenvalue weighted by Crippen LogP contribution is 2.27. The van der Waals surface area contributed by atoms with E-state index in [4.69, 9.17) is 4.42 Å². The van der Waals surface area contributed by atoms with Crippen LogP contribution in [0, 0.1) is 13.8 Å². The Morgan fingerprint density at radius 1 is 1.30 bits per heavy atom. The lowest BCUT2D eigenvalue weighted by molar-refractivity contribution is -0.141. The van der Waals surface area contributed by atoms with Gasteiger partial charge in [0.05, 0.1) is 17.5 Å². The molecule has 0 aliphatic heterocycles. The predicted octanol–water partition coefficient (Wildman–Crippen LogP) is 3.53. The van der Waals surface area contributed by atoms with E-state index in [1.807, 2.05) is 19.9 Å². The van der Waals surface area contributed by atoms with Crippen LogP contribution in [-0.4, -0.2) is 27.2 Å².